The summed E-state index contributed by atoms with van der Waals surface area (Å²) in [7, 11) is 0. The van der Waals surface area contributed by atoms with Crippen LogP contribution >= 0.6 is 0 Å². The third-order valence-electron chi connectivity index (χ3n) is 4.84. The summed E-state index contributed by atoms with van der Waals surface area (Å²) in [6.07, 6.45) is 9.09. The fourth-order valence-electron chi connectivity index (χ4n) is 3.45. The number of rotatable bonds is 3. The zero-order valence-corrected chi connectivity index (χ0v) is 14.9. The van der Waals surface area contributed by atoms with Gasteiger partial charge in [0.15, 0.2) is 0 Å². The Bertz CT molecular complexity index is 569. The molecule has 1 aromatic carbocycles. The molecule has 4 nitrogen and oxygen atoms in total. The van der Waals surface area contributed by atoms with Crippen molar-refractivity contribution >= 4 is 5.97 Å². The summed E-state index contributed by atoms with van der Waals surface area (Å²) >= 11 is 0. The van der Waals surface area contributed by atoms with Crippen molar-refractivity contribution in [1.82, 2.24) is 0 Å². The van der Waals surface area contributed by atoms with Crippen LogP contribution in [0.15, 0.2) is 42.5 Å². The van der Waals surface area contributed by atoms with Gasteiger partial charge in [-0.3, -0.25) is 4.79 Å². The predicted octanol–water partition coefficient (Wildman–Crippen LogP) is 4.18. The van der Waals surface area contributed by atoms with E-state index in [4.69, 9.17) is 14.2 Å². The Balaban J connectivity index is 1.64. The van der Waals surface area contributed by atoms with E-state index >= 15 is 0 Å². The van der Waals surface area contributed by atoms with Gasteiger partial charge < -0.3 is 14.2 Å². The average Bonchev–Trinajstić information content (AvgIpc) is 2.60. The summed E-state index contributed by atoms with van der Waals surface area (Å²) in [6, 6.07) is 10.1. The average molecular weight is 344 g/mol. The number of hydrogen-bond acceptors (Lipinski definition) is 4. The molecule has 1 aromatic rings. The van der Waals surface area contributed by atoms with E-state index in [1.54, 1.807) is 0 Å². The third kappa shape index (κ3) is 5.68. The number of carbonyl (C=O) groups excluding carboxylic acids is 1. The molecule has 2 heterocycles. The Labute approximate surface area is 150 Å². The number of carbonyl (C=O) groups is 1. The Morgan fingerprint density at radius 3 is 2.84 bits per heavy atom. The van der Waals surface area contributed by atoms with E-state index in [0.717, 1.165) is 37.7 Å². The van der Waals surface area contributed by atoms with E-state index in [-0.39, 0.29) is 36.8 Å². The zero-order chi connectivity index (χ0) is 17.5. The van der Waals surface area contributed by atoms with E-state index in [9.17, 15) is 4.79 Å². The molecule has 4 atom stereocenters. The first kappa shape index (κ1) is 18.2. The second kappa shape index (κ2) is 9.16. The molecule has 25 heavy (non-hydrogen) atoms. The van der Waals surface area contributed by atoms with Crippen molar-refractivity contribution in [2.75, 3.05) is 0 Å². The van der Waals surface area contributed by atoms with Crippen molar-refractivity contribution in [2.45, 2.75) is 76.5 Å². The monoisotopic (exact) mass is 344 g/mol. The van der Waals surface area contributed by atoms with Crippen LogP contribution in [0.4, 0.5) is 0 Å². The molecule has 136 valence electrons. The number of fused-ring (bicyclic) bond motifs is 2. The highest BCUT2D eigenvalue weighted by molar-refractivity contribution is 5.70. The Kier molecular flexibility index (Phi) is 6.65. The summed E-state index contributed by atoms with van der Waals surface area (Å²) in [5, 5.41) is 0. The highest BCUT2D eigenvalue weighted by Gasteiger charge is 2.33. The fraction of sp³-hybridized carbons (Fsp3) is 0.571. The van der Waals surface area contributed by atoms with Crippen LogP contribution in [0.3, 0.4) is 0 Å². The van der Waals surface area contributed by atoms with E-state index < -0.39 is 0 Å². The van der Waals surface area contributed by atoms with E-state index in [1.165, 1.54) is 0 Å². The SMILES string of the molecule is C[C@H]1CCC/C=C/[C@H]2CC[C@H](OCc3ccccc3)[C@H](CC(=O)O1)O2. The smallest absolute Gasteiger partial charge is 0.308 e. The summed E-state index contributed by atoms with van der Waals surface area (Å²) in [4.78, 5) is 12.3. The summed E-state index contributed by atoms with van der Waals surface area (Å²) in [5.41, 5.74) is 1.13. The Morgan fingerprint density at radius 1 is 1.16 bits per heavy atom. The highest BCUT2D eigenvalue weighted by atomic mass is 16.6. The van der Waals surface area contributed by atoms with Gasteiger partial charge in [-0.05, 0) is 44.6 Å². The van der Waals surface area contributed by atoms with Crippen LogP contribution in [0.1, 0.15) is 51.0 Å². The maximum absolute atomic E-state index is 12.3. The fourth-order valence-corrected chi connectivity index (χ4v) is 3.45. The largest absolute Gasteiger partial charge is 0.463 e. The third-order valence-corrected chi connectivity index (χ3v) is 4.84. The molecular weight excluding hydrogens is 316 g/mol. The molecular formula is C21H28O4. The molecule has 0 saturated carbocycles. The molecule has 0 aliphatic carbocycles. The lowest BCUT2D eigenvalue weighted by Gasteiger charge is -2.35. The van der Waals surface area contributed by atoms with Crippen molar-refractivity contribution in [3.05, 3.63) is 48.0 Å². The minimum Gasteiger partial charge on any atom is -0.463 e. The van der Waals surface area contributed by atoms with Gasteiger partial charge in [0.2, 0.25) is 0 Å². The molecule has 2 bridgehead atoms. The van der Waals surface area contributed by atoms with Gasteiger partial charge in [-0.2, -0.15) is 0 Å². The van der Waals surface area contributed by atoms with Crippen LogP contribution in [-0.4, -0.2) is 30.4 Å². The molecule has 0 spiro atoms. The number of ether oxygens (including phenoxy) is 3. The van der Waals surface area contributed by atoms with Crippen LogP contribution in [0.2, 0.25) is 0 Å². The minimum absolute atomic E-state index is 0.0385. The van der Waals surface area contributed by atoms with Crippen LogP contribution in [0.5, 0.6) is 0 Å². The van der Waals surface area contributed by atoms with Crippen molar-refractivity contribution < 1.29 is 19.0 Å². The standard InChI is InChI=1S/C21H28O4/c1-16-8-4-2-7-11-18-12-13-19(20(25-18)14-21(22)24-16)23-15-17-9-5-3-6-10-17/h3,5-7,9-11,16,18-20H,2,4,8,12-15H2,1H3/b11-7+/t16-,18-,19-,20-/m0/s1. The van der Waals surface area contributed by atoms with Crippen LogP contribution in [-0.2, 0) is 25.6 Å². The van der Waals surface area contributed by atoms with Gasteiger partial charge in [0.1, 0.15) is 0 Å². The molecule has 1 fully saturated rings. The lowest BCUT2D eigenvalue weighted by Crippen LogP contribution is -2.41. The Morgan fingerprint density at radius 2 is 2.00 bits per heavy atom. The van der Waals surface area contributed by atoms with Crippen LogP contribution in [0.25, 0.3) is 0 Å². The first-order valence-corrected chi connectivity index (χ1v) is 9.38. The second-order valence-electron chi connectivity index (χ2n) is 6.99. The van der Waals surface area contributed by atoms with Gasteiger partial charge in [0.25, 0.3) is 0 Å². The molecule has 0 unspecified atom stereocenters. The minimum atomic E-state index is -0.244. The van der Waals surface area contributed by atoms with Crippen LogP contribution < -0.4 is 0 Å². The molecule has 4 heteroatoms. The predicted molar refractivity (Wildman–Crippen MR) is 96.1 cm³/mol. The first-order valence-electron chi connectivity index (χ1n) is 9.38. The molecule has 1 saturated heterocycles. The van der Waals surface area contributed by atoms with E-state index in [0.29, 0.717) is 6.61 Å². The quantitative estimate of drug-likeness (QED) is 0.609. The van der Waals surface area contributed by atoms with Gasteiger partial charge in [-0.1, -0.05) is 42.5 Å². The molecule has 2 aliphatic heterocycles. The number of allylic oxidation sites excluding steroid dienone is 1. The normalized spacial score (nSPS) is 32.1. The van der Waals surface area contributed by atoms with Gasteiger partial charge in [0, 0.05) is 0 Å². The summed E-state index contributed by atoms with van der Waals surface area (Å²) < 4.78 is 17.8. The zero-order valence-electron chi connectivity index (χ0n) is 14.9. The molecule has 2 aliphatic rings. The number of cyclic esters (lactones) is 1. The molecule has 0 N–H and O–H groups in total. The number of hydrogen-bond donors (Lipinski definition) is 0. The maximum Gasteiger partial charge on any atom is 0.308 e. The Hall–Kier alpha value is -1.65. The van der Waals surface area contributed by atoms with Gasteiger partial charge in [-0.15, -0.1) is 0 Å². The molecule has 0 radical (unpaired) electrons. The van der Waals surface area contributed by atoms with Gasteiger partial charge in [-0.25, -0.2) is 0 Å². The van der Waals surface area contributed by atoms with Crippen molar-refractivity contribution in [2.24, 2.45) is 0 Å². The molecule has 0 aromatic heterocycles. The van der Waals surface area contributed by atoms with Crippen LogP contribution in [0, 0.1) is 0 Å². The number of benzene rings is 1. The topological polar surface area (TPSA) is 44.8 Å². The molecule has 3 rings (SSSR count). The summed E-state index contributed by atoms with van der Waals surface area (Å²) in [5.74, 6) is -0.184. The lowest BCUT2D eigenvalue weighted by molar-refractivity contribution is -0.165. The van der Waals surface area contributed by atoms with Gasteiger partial charge >= 0.3 is 5.97 Å². The maximum atomic E-state index is 12.3. The lowest BCUT2D eigenvalue weighted by atomic mass is 9.97. The van der Waals surface area contributed by atoms with E-state index in [1.807, 2.05) is 37.3 Å². The molecule has 0 amide bonds. The number of esters is 1. The first-order chi connectivity index (χ1) is 12.2. The van der Waals surface area contributed by atoms with E-state index in [2.05, 4.69) is 12.2 Å². The van der Waals surface area contributed by atoms with Crippen molar-refractivity contribution in [3.8, 4) is 0 Å². The van der Waals surface area contributed by atoms with Crippen molar-refractivity contribution in [3.63, 3.8) is 0 Å². The van der Waals surface area contributed by atoms with Gasteiger partial charge in [0.05, 0.1) is 37.4 Å². The summed E-state index contributed by atoms with van der Waals surface area (Å²) in [6.45, 7) is 2.50. The van der Waals surface area contributed by atoms with Crippen molar-refractivity contribution in [1.29, 1.82) is 0 Å². The highest BCUT2D eigenvalue weighted by Crippen LogP contribution is 2.27. The second-order valence-corrected chi connectivity index (χ2v) is 6.99.